The van der Waals surface area contributed by atoms with Gasteiger partial charge in [-0.1, -0.05) is 12.1 Å². The van der Waals surface area contributed by atoms with E-state index in [2.05, 4.69) is 16.8 Å². The minimum Gasteiger partial charge on any atom is -0.508 e. The van der Waals surface area contributed by atoms with Crippen LogP contribution in [0.15, 0.2) is 24.3 Å². The Kier molecular flexibility index (Phi) is 22.2. The fraction of sp³-hybridized carbons (Fsp3) is 0.421. The number of carboxylic acids is 4. The standard InChI is InChI=1S/C9H11NO3.C6H14N4O2.2C2H5NO2/c10-8(9(12)13)5-6-1-3-7(11)4-2-6;7-4(5(11)12)2-1-3-10-6(8)9;2*3-1-2(4)5/h1-4,8,11H,5,10H2,(H,12,13);4H,1-3,7H2,(H,11,12)(H4,8,9,10);2*1,3H2,(H,4,5)/t8-;4-;;/m00../s1. The lowest BCUT2D eigenvalue weighted by Crippen LogP contribution is -2.34. The topological polar surface area (TPSA) is 335 Å². The lowest BCUT2D eigenvalue weighted by Gasteiger charge is -2.06. The van der Waals surface area contributed by atoms with Crippen molar-refractivity contribution in [1.29, 1.82) is 5.41 Å². The number of nitrogens with two attached hydrogens (primary N) is 5. The molecule has 0 aliphatic rings. The number of rotatable bonds is 10. The van der Waals surface area contributed by atoms with Crippen LogP contribution in [0, 0.1) is 5.41 Å². The summed E-state index contributed by atoms with van der Waals surface area (Å²) >= 11 is 0. The van der Waals surface area contributed by atoms with E-state index in [1.165, 1.54) is 12.1 Å². The van der Waals surface area contributed by atoms with E-state index in [1.807, 2.05) is 0 Å². The van der Waals surface area contributed by atoms with E-state index in [-0.39, 0.29) is 31.2 Å². The molecule has 17 N–H and O–H groups in total. The maximum Gasteiger partial charge on any atom is 0.320 e. The summed E-state index contributed by atoms with van der Waals surface area (Å²) in [5, 5.41) is 50.4. The van der Waals surface area contributed by atoms with E-state index in [0.29, 0.717) is 19.4 Å². The van der Waals surface area contributed by atoms with Crippen molar-refractivity contribution in [3.8, 4) is 5.75 Å². The first-order valence-corrected chi connectivity index (χ1v) is 9.84. The molecule has 0 heterocycles. The number of hydrogen-bond donors (Lipinski definition) is 12. The monoisotopic (exact) mass is 505 g/mol. The highest BCUT2D eigenvalue weighted by Gasteiger charge is 2.11. The first-order valence-electron chi connectivity index (χ1n) is 9.84. The number of phenolic OH excluding ortho intramolecular Hbond substituents is 1. The van der Waals surface area contributed by atoms with Crippen LogP contribution in [0.4, 0.5) is 0 Å². The largest absolute Gasteiger partial charge is 0.508 e. The van der Waals surface area contributed by atoms with E-state index >= 15 is 0 Å². The highest BCUT2D eigenvalue weighted by Crippen LogP contribution is 2.10. The van der Waals surface area contributed by atoms with Crippen LogP contribution >= 0.6 is 0 Å². The zero-order valence-electron chi connectivity index (χ0n) is 19.0. The second kappa shape index (κ2) is 21.8. The van der Waals surface area contributed by atoms with Gasteiger partial charge in [0.15, 0.2) is 5.96 Å². The molecular formula is C19H35N7O9. The highest BCUT2D eigenvalue weighted by molar-refractivity contribution is 5.74. The molecule has 0 fully saturated rings. The molecule has 0 unspecified atom stereocenters. The first-order chi connectivity index (χ1) is 16.2. The van der Waals surface area contributed by atoms with Crippen molar-refractivity contribution in [2.45, 2.75) is 31.3 Å². The third kappa shape index (κ3) is 28.0. The molecule has 0 saturated carbocycles. The summed E-state index contributed by atoms with van der Waals surface area (Å²) in [4.78, 5) is 39.1. The van der Waals surface area contributed by atoms with Gasteiger partial charge in [-0.05, 0) is 37.0 Å². The van der Waals surface area contributed by atoms with Crippen LogP contribution in [0.1, 0.15) is 18.4 Å². The van der Waals surface area contributed by atoms with Gasteiger partial charge in [-0.15, -0.1) is 0 Å². The van der Waals surface area contributed by atoms with E-state index in [4.69, 9.17) is 48.1 Å². The minimum absolute atomic E-state index is 0.112. The molecule has 0 saturated heterocycles. The second-order valence-corrected chi connectivity index (χ2v) is 6.44. The second-order valence-electron chi connectivity index (χ2n) is 6.44. The molecule has 0 aromatic heterocycles. The number of aliphatic carboxylic acids is 4. The van der Waals surface area contributed by atoms with Crippen LogP contribution in [0.5, 0.6) is 5.75 Å². The Morgan fingerprint density at radius 3 is 1.57 bits per heavy atom. The molecule has 16 heteroatoms. The Hall–Kier alpha value is -3.99. The molecule has 35 heavy (non-hydrogen) atoms. The molecule has 16 nitrogen and oxygen atoms in total. The predicted octanol–water partition coefficient (Wildman–Crippen LogP) is -2.93. The van der Waals surface area contributed by atoms with Crippen LogP contribution < -0.4 is 34.0 Å². The Labute approximate surface area is 201 Å². The number of guanidine groups is 1. The average molecular weight is 506 g/mol. The number of nitrogens with one attached hydrogen (secondary N) is 2. The van der Waals surface area contributed by atoms with Gasteiger partial charge < -0.3 is 59.5 Å². The van der Waals surface area contributed by atoms with Crippen LogP contribution in [-0.2, 0) is 25.6 Å². The van der Waals surface area contributed by atoms with Gasteiger partial charge in [0.05, 0.1) is 13.1 Å². The van der Waals surface area contributed by atoms with E-state index in [9.17, 15) is 19.2 Å². The smallest absolute Gasteiger partial charge is 0.320 e. The SMILES string of the molecule is N=C(N)NCCC[C@H](N)C(=O)O.NCC(=O)O.NCC(=O)O.N[C@@H](Cc1ccc(O)cc1)C(=O)O. The summed E-state index contributed by atoms with van der Waals surface area (Å²) in [5.74, 6) is -3.91. The summed E-state index contributed by atoms with van der Waals surface area (Å²) in [7, 11) is 0. The Morgan fingerprint density at radius 2 is 1.26 bits per heavy atom. The van der Waals surface area contributed by atoms with Gasteiger partial charge in [0.2, 0.25) is 0 Å². The number of aromatic hydroxyl groups is 1. The number of carbonyl (C=O) groups is 4. The van der Waals surface area contributed by atoms with Crippen LogP contribution in [0.2, 0.25) is 0 Å². The molecule has 2 atom stereocenters. The minimum atomic E-state index is -1.02. The van der Waals surface area contributed by atoms with Crippen LogP contribution in [0.3, 0.4) is 0 Å². The molecule has 0 aliphatic carbocycles. The van der Waals surface area contributed by atoms with Gasteiger partial charge in [0.25, 0.3) is 0 Å². The zero-order valence-corrected chi connectivity index (χ0v) is 19.0. The van der Waals surface area contributed by atoms with Crippen LogP contribution in [0.25, 0.3) is 0 Å². The maximum absolute atomic E-state index is 10.4. The lowest BCUT2D eigenvalue weighted by atomic mass is 10.1. The Morgan fingerprint density at radius 1 is 0.857 bits per heavy atom. The van der Waals surface area contributed by atoms with Gasteiger partial charge in [-0.25, -0.2) is 0 Å². The summed E-state index contributed by atoms with van der Waals surface area (Å²) < 4.78 is 0. The van der Waals surface area contributed by atoms with Gasteiger partial charge in [0, 0.05) is 6.54 Å². The lowest BCUT2D eigenvalue weighted by molar-refractivity contribution is -0.139. The number of benzene rings is 1. The third-order valence-electron chi connectivity index (χ3n) is 3.38. The molecule has 0 aliphatic heterocycles. The molecule has 1 aromatic carbocycles. The Bertz CT molecular complexity index is 762. The molecule has 1 rings (SSSR count). The molecule has 0 bridgehead atoms. The highest BCUT2D eigenvalue weighted by atomic mass is 16.4. The molecule has 200 valence electrons. The number of hydrogen-bond acceptors (Lipinski definition) is 10. The fourth-order valence-corrected chi connectivity index (χ4v) is 1.64. The maximum atomic E-state index is 10.4. The third-order valence-corrected chi connectivity index (χ3v) is 3.38. The summed E-state index contributed by atoms with van der Waals surface area (Å²) in [6.45, 7) is -0.0731. The van der Waals surface area contributed by atoms with Crippen molar-refractivity contribution in [3.63, 3.8) is 0 Å². The number of carboxylic acid groups (broad SMARTS) is 4. The average Bonchev–Trinajstić information content (AvgIpc) is 2.78. The molecule has 0 spiro atoms. The zero-order chi connectivity index (χ0) is 28.0. The van der Waals surface area contributed by atoms with E-state index in [0.717, 1.165) is 5.56 Å². The van der Waals surface area contributed by atoms with Crippen LogP contribution in [-0.4, -0.2) is 87.1 Å². The number of phenols is 1. The molecule has 0 amide bonds. The van der Waals surface area contributed by atoms with Crippen molar-refractivity contribution in [2.24, 2.45) is 28.7 Å². The first kappa shape index (κ1) is 35.6. The van der Waals surface area contributed by atoms with Crippen molar-refractivity contribution in [3.05, 3.63) is 29.8 Å². The predicted molar refractivity (Wildman–Crippen MR) is 126 cm³/mol. The normalized spacial score (nSPS) is 10.9. The molecule has 1 aromatic rings. The molecular weight excluding hydrogens is 470 g/mol. The van der Waals surface area contributed by atoms with Gasteiger partial charge in [-0.2, -0.15) is 0 Å². The van der Waals surface area contributed by atoms with Crippen molar-refractivity contribution in [2.75, 3.05) is 19.6 Å². The van der Waals surface area contributed by atoms with Crippen molar-refractivity contribution in [1.82, 2.24) is 5.32 Å². The van der Waals surface area contributed by atoms with Gasteiger partial charge in [0.1, 0.15) is 17.8 Å². The summed E-state index contributed by atoms with van der Waals surface area (Å²) in [6.07, 6.45) is 1.25. The Balaban J connectivity index is -0.000000427. The van der Waals surface area contributed by atoms with E-state index in [1.54, 1.807) is 12.1 Å². The quantitative estimate of drug-likeness (QED) is 0.0859. The van der Waals surface area contributed by atoms with Crippen molar-refractivity contribution >= 4 is 29.8 Å². The van der Waals surface area contributed by atoms with Gasteiger partial charge in [-0.3, -0.25) is 24.6 Å². The van der Waals surface area contributed by atoms with E-state index < -0.39 is 36.0 Å². The van der Waals surface area contributed by atoms with Gasteiger partial charge >= 0.3 is 23.9 Å². The summed E-state index contributed by atoms with van der Waals surface area (Å²) in [5.41, 5.74) is 25.5. The molecule has 0 radical (unpaired) electrons. The summed E-state index contributed by atoms with van der Waals surface area (Å²) in [6, 6.07) is 4.60. The van der Waals surface area contributed by atoms with Crippen molar-refractivity contribution < 1.29 is 44.7 Å². The fourth-order valence-electron chi connectivity index (χ4n) is 1.64.